The first-order valence-electron chi connectivity index (χ1n) is 13.2. The number of hydrogen-bond donors (Lipinski definition) is 5. The van der Waals surface area contributed by atoms with Crippen molar-refractivity contribution in [2.45, 2.75) is 52.0 Å². The van der Waals surface area contributed by atoms with Crippen molar-refractivity contribution in [1.82, 2.24) is 5.32 Å². The first-order valence-corrected chi connectivity index (χ1v) is 13.2. The second-order valence-corrected chi connectivity index (χ2v) is 10.6. The van der Waals surface area contributed by atoms with E-state index >= 15 is 0 Å². The van der Waals surface area contributed by atoms with E-state index in [9.17, 15) is 34.5 Å². The van der Waals surface area contributed by atoms with E-state index in [0.29, 0.717) is 29.7 Å². The van der Waals surface area contributed by atoms with Crippen molar-refractivity contribution in [2.75, 3.05) is 25.6 Å². The van der Waals surface area contributed by atoms with Crippen LogP contribution in [0.3, 0.4) is 0 Å². The number of phenolic OH excluding ortho intramolecular Hbond substituents is 1. The van der Waals surface area contributed by atoms with E-state index in [4.69, 9.17) is 10.5 Å². The smallest absolute Gasteiger partial charge is 0.407 e. The molecule has 3 aliphatic carbocycles. The van der Waals surface area contributed by atoms with E-state index in [1.807, 2.05) is 6.92 Å². The van der Waals surface area contributed by atoms with Gasteiger partial charge in [0.15, 0.2) is 11.6 Å². The zero-order valence-corrected chi connectivity index (χ0v) is 22.4. The lowest BCUT2D eigenvalue weighted by Crippen LogP contribution is -2.43. The summed E-state index contributed by atoms with van der Waals surface area (Å²) in [5.74, 6) is -5.84. The quantitative estimate of drug-likeness (QED) is 0.244. The molecule has 1 aromatic carbocycles. The van der Waals surface area contributed by atoms with Crippen LogP contribution in [0.25, 0.3) is 0 Å². The first-order chi connectivity index (χ1) is 18.5. The van der Waals surface area contributed by atoms with Crippen LogP contribution < -0.4 is 16.0 Å². The van der Waals surface area contributed by atoms with Crippen molar-refractivity contribution in [3.05, 3.63) is 45.4 Å². The number of hydrogen-bond acceptors (Lipinski definition) is 9. The molecule has 0 bridgehead atoms. The number of aliphatic hydroxyl groups is 2. The Hall–Kier alpha value is -4.02. The standard InChI is InChI=1S/C28H35N3O8/c1-4-5-6-7-39-28(38)30-12-15-10-17(31(2)3)16-9-13-8-14-11-18(32)22(27(29)37)26(36)20(14)24(34)19(13)25(35)21(16)23(15)33/h10,13-14,20,32-34H,4-9,11-12H2,1-3H3,(H2,29,37)(H,30,38). The largest absolute Gasteiger partial charge is 0.511 e. The van der Waals surface area contributed by atoms with Crippen LogP contribution in [0.5, 0.6) is 5.75 Å². The summed E-state index contributed by atoms with van der Waals surface area (Å²) >= 11 is 0. The van der Waals surface area contributed by atoms with Gasteiger partial charge in [-0.05, 0) is 42.7 Å². The number of ketones is 2. The molecule has 210 valence electrons. The fourth-order valence-electron chi connectivity index (χ4n) is 6.01. The topological polar surface area (TPSA) is 179 Å². The van der Waals surface area contributed by atoms with Gasteiger partial charge >= 0.3 is 6.09 Å². The zero-order valence-electron chi connectivity index (χ0n) is 22.4. The molecule has 4 rings (SSSR count). The highest BCUT2D eigenvalue weighted by Crippen LogP contribution is 2.51. The number of aromatic hydroxyl groups is 1. The third-order valence-corrected chi connectivity index (χ3v) is 7.83. The molecule has 1 aromatic rings. The Kier molecular flexibility index (Phi) is 7.89. The Labute approximate surface area is 226 Å². The van der Waals surface area contributed by atoms with E-state index < -0.39 is 58.4 Å². The number of aliphatic hydroxyl groups excluding tert-OH is 2. The van der Waals surface area contributed by atoms with Gasteiger partial charge in [0.05, 0.1) is 18.1 Å². The highest BCUT2D eigenvalue weighted by Gasteiger charge is 2.50. The van der Waals surface area contributed by atoms with Gasteiger partial charge in [-0.15, -0.1) is 0 Å². The summed E-state index contributed by atoms with van der Waals surface area (Å²) in [6, 6.07) is 1.71. The van der Waals surface area contributed by atoms with Crippen LogP contribution in [0.1, 0.15) is 60.5 Å². The average Bonchev–Trinajstić information content (AvgIpc) is 2.85. The van der Waals surface area contributed by atoms with E-state index in [2.05, 4.69) is 5.32 Å². The number of anilines is 1. The summed E-state index contributed by atoms with van der Waals surface area (Å²) in [6.45, 7) is 2.22. The predicted octanol–water partition coefficient (Wildman–Crippen LogP) is 2.95. The number of ether oxygens (including phenoxy) is 1. The van der Waals surface area contributed by atoms with E-state index in [-0.39, 0.29) is 36.5 Å². The molecule has 11 heteroatoms. The van der Waals surface area contributed by atoms with Gasteiger partial charge in [-0.2, -0.15) is 0 Å². The number of rotatable bonds is 8. The first kappa shape index (κ1) is 28.0. The number of unbranched alkanes of at least 4 members (excludes halogenated alkanes) is 2. The molecule has 0 heterocycles. The van der Waals surface area contributed by atoms with Crippen LogP contribution in [-0.2, 0) is 27.3 Å². The molecule has 0 aliphatic heterocycles. The second-order valence-electron chi connectivity index (χ2n) is 10.6. The van der Waals surface area contributed by atoms with Gasteiger partial charge in [0.1, 0.15) is 22.8 Å². The fourth-order valence-corrected chi connectivity index (χ4v) is 6.01. The number of primary amides is 1. The van der Waals surface area contributed by atoms with Gasteiger partial charge in [-0.3, -0.25) is 14.4 Å². The molecule has 0 spiro atoms. The summed E-state index contributed by atoms with van der Waals surface area (Å²) in [7, 11) is 3.59. The number of carbonyl (C=O) groups is 4. The normalized spacial score (nSPS) is 22.2. The van der Waals surface area contributed by atoms with Gasteiger partial charge in [-0.25, -0.2) is 4.79 Å². The maximum Gasteiger partial charge on any atom is 0.407 e. The lowest BCUT2D eigenvalue weighted by atomic mass is 9.62. The Bertz CT molecular complexity index is 1300. The third kappa shape index (κ3) is 5.05. The molecule has 3 unspecified atom stereocenters. The number of carbonyl (C=O) groups excluding carboxylic acids is 4. The minimum absolute atomic E-state index is 0.00216. The molecule has 6 N–H and O–H groups in total. The summed E-state index contributed by atoms with van der Waals surface area (Å²) in [4.78, 5) is 52.6. The third-order valence-electron chi connectivity index (χ3n) is 7.83. The van der Waals surface area contributed by atoms with Gasteiger partial charge in [0, 0.05) is 43.9 Å². The maximum atomic E-state index is 13.8. The Morgan fingerprint density at radius 1 is 1.15 bits per heavy atom. The minimum Gasteiger partial charge on any atom is -0.511 e. The van der Waals surface area contributed by atoms with E-state index in [1.54, 1.807) is 25.1 Å². The Morgan fingerprint density at radius 2 is 1.87 bits per heavy atom. The summed E-state index contributed by atoms with van der Waals surface area (Å²) in [6.07, 6.45) is 2.63. The minimum atomic E-state index is -1.18. The van der Waals surface area contributed by atoms with Crippen molar-refractivity contribution < 1.29 is 39.2 Å². The SMILES string of the molecule is CCCCCOC(=O)NCc1cc(N(C)C)c2c(c1O)C(=O)C1=C(O)C3C(=O)C(C(N)=O)=C(O)CC3CC1C2. The molecule has 11 nitrogen and oxygen atoms in total. The molecule has 3 aliphatic rings. The van der Waals surface area contributed by atoms with Gasteiger partial charge < -0.3 is 36.0 Å². The number of nitrogens with one attached hydrogen (secondary N) is 1. The van der Waals surface area contributed by atoms with Crippen LogP contribution in [0.2, 0.25) is 0 Å². The number of nitrogens with zero attached hydrogens (tertiary/aromatic N) is 1. The van der Waals surface area contributed by atoms with Crippen molar-refractivity contribution in [2.24, 2.45) is 23.5 Å². The Morgan fingerprint density at radius 3 is 2.51 bits per heavy atom. The van der Waals surface area contributed by atoms with Crippen molar-refractivity contribution in [3.63, 3.8) is 0 Å². The van der Waals surface area contributed by atoms with Gasteiger partial charge in [0.25, 0.3) is 5.91 Å². The zero-order chi connectivity index (χ0) is 28.6. The number of Topliss-reactive ketones (excluding diaryl/α,β-unsaturated/α-hetero) is 2. The predicted molar refractivity (Wildman–Crippen MR) is 141 cm³/mol. The number of nitrogens with two attached hydrogens (primary N) is 1. The van der Waals surface area contributed by atoms with Gasteiger partial charge in [-0.1, -0.05) is 19.8 Å². The highest BCUT2D eigenvalue weighted by molar-refractivity contribution is 6.22. The van der Waals surface area contributed by atoms with Crippen molar-refractivity contribution >= 4 is 29.3 Å². The lowest BCUT2D eigenvalue weighted by Gasteiger charge is -2.41. The monoisotopic (exact) mass is 541 g/mol. The van der Waals surface area contributed by atoms with Gasteiger partial charge in [0.2, 0.25) is 0 Å². The van der Waals surface area contributed by atoms with Crippen molar-refractivity contribution in [1.29, 1.82) is 0 Å². The molecular weight excluding hydrogens is 506 g/mol. The highest BCUT2D eigenvalue weighted by atomic mass is 16.5. The second kappa shape index (κ2) is 11.0. The van der Waals surface area contributed by atoms with E-state index in [1.165, 1.54) is 0 Å². The summed E-state index contributed by atoms with van der Waals surface area (Å²) in [5, 5.41) is 35.3. The molecule has 39 heavy (non-hydrogen) atoms. The number of alkyl carbamates (subject to hydrolysis) is 1. The average molecular weight is 542 g/mol. The molecule has 0 aromatic heterocycles. The summed E-state index contributed by atoms with van der Waals surface area (Å²) in [5.41, 5.74) is 6.31. The number of allylic oxidation sites excluding steroid dienone is 3. The molecule has 0 saturated carbocycles. The number of benzene rings is 1. The molecule has 3 atom stereocenters. The van der Waals surface area contributed by atoms with Crippen molar-refractivity contribution in [3.8, 4) is 5.75 Å². The summed E-state index contributed by atoms with van der Waals surface area (Å²) < 4.78 is 5.16. The number of fused-ring (bicyclic) bond motifs is 3. The number of amides is 2. The number of phenols is 1. The van der Waals surface area contributed by atoms with Crippen LogP contribution in [0.15, 0.2) is 28.7 Å². The molecule has 0 fully saturated rings. The Balaban J connectivity index is 1.69. The van der Waals surface area contributed by atoms with E-state index in [0.717, 1.165) is 19.3 Å². The van der Waals surface area contributed by atoms with Crippen LogP contribution in [0, 0.1) is 17.8 Å². The maximum absolute atomic E-state index is 13.8. The molecule has 2 amide bonds. The molecule has 0 saturated heterocycles. The molecule has 0 radical (unpaired) electrons. The fraction of sp³-hybridized carbons (Fsp3) is 0.500. The van der Waals surface area contributed by atoms with Crippen LogP contribution >= 0.6 is 0 Å². The molecular formula is C28H35N3O8. The van der Waals surface area contributed by atoms with Crippen LogP contribution in [0.4, 0.5) is 10.5 Å². The lowest BCUT2D eigenvalue weighted by molar-refractivity contribution is -0.126. The van der Waals surface area contributed by atoms with Crippen LogP contribution in [-0.4, -0.2) is 59.6 Å².